The van der Waals surface area contributed by atoms with Crippen molar-refractivity contribution in [3.05, 3.63) is 60.5 Å². The lowest BCUT2D eigenvalue weighted by atomic mass is 9.97. The van der Waals surface area contributed by atoms with E-state index < -0.39 is 11.6 Å². The monoisotopic (exact) mass is 359 g/mol. The molecular formula is C19H21NO4S. The molecule has 0 spiro atoms. The summed E-state index contributed by atoms with van der Waals surface area (Å²) in [6, 6.07) is 7.00. The van der Waals surface area contributed by atoms with E-state index in [1.807, 2.05) is 0 Å². The minimum Gasteiger partial charge on any atom is -0.491 e. The van der Waals surface area contributed by atoms with Crippen molar-refractivity contribution in [2.24, 2.45) is 0 Å². The van der Waals surface area contributed by atoms with Crippen LogP contribution in [0, 0.1) is 0 Å². The summed E-state index contributed by atoms with van der Waals surface area (Å²) in [6.45, 7) is 7.40. The predicted molar refractivity (Wildman–Crippen MR) is 101 cm³/mol. The molecule has 0 bridgehead atoms. The Balaban J connectivity index is 2.14. The molecule has 0 aliphatic rings. The molecule has 0 atom stereocenters. The molecule has 0 unspecified atom stereocenters. The fourth-order valence-corrected chi connectivity index (χ4v) is 3.31. The number of anilines is 1. The summed E-state index contributed by atoms with van der Waals surface area (Å²) in [7, 11) is 0. The van der Waals surface area contributed by atoms with Crippen LogP contribution in [-0.2, 0) is 0 Å². The highest BCUT2D eigenvalue weighted by molar-refractivity contribution is 7.14. The molecule has 1 aromatic carbocycles. The van der Waals surface area contributed by atoms with Crippen molar-refractivity contribution in [1.82, 2.24) is 0 Å². The van der Waals surface area contributed by atoms with E-state index in [1.165, 1.54) is 11.3 Å². The standard InChI is InChI=1S/C19H21NO4S/c1-3-9-19(23,10-4-2)12-24-14-7-5-13(6-8-14)15-11-25-17(20)16(15)18(21)22/h3-8,11,23H,1-2,9-10,12,20H2,(H,21,22). The molecule has 0 amide bonds. The maximum absolute atomic E-state index is 11.3. The summed E-state index contributed by atoms with van der Waals surface area (Å²) < 4.78 is 5.67. The van der Waals surface area contributed by atoms with Crippen LogP contribution in [0.2, 0.25) is 0 Å². The van der Waals surface area contributed by atoms with Crippen molar-refractivity contribution in [1.29, 1.82) is 0 Å². The maximum Gasteiger partial charge on any atom is 0.339 e. The number of carboxylic acid groups (broad SMARTS) is 1. The summed E-state index contributed by atoms with van der Waals surface area (Å²) in [4.78, 5) is 11.3. The van der Waals surface area contributed by atoms with Crippen LogP contribution in [0.1, 0.15) is 23.2 Å². The topological polar surface area (TPSA) is 92.8 Å². The SMILES string of the molecule is C=CCC(O)(CC=C)COc1ccc(-c2csc(N)c2C(=O)O)cc1. The average molecular weight is 359 g/mol. The number of carbonyl (C=O) groups is 1. The normalized spacial score (nSPS) is 11.1. The van der Waals surface area contributed by atoms with Gasteiger partial charge < -0.3 is 20.7 Å². The number of carboxylic acids is 1. The average Bonchev–Trinajstić information content (AvgIpc) is 2.96. The van der Waals surface area contributed by atoms with Gasteiger partial charge in [-0.3, -0.25) is 0 Å². The highest BCUT2D eigenvalue weighted by Gasteiger charge is 2.25. The minimum atomic E-state index is -1.05. The molecular weight excluding hydrogens is 338 g/mol. The van der Waals surface area contributed by atoms with Gasteiger partial charge in [-0.1, -0.05) is 24.3 Å². The number of rotatable bonds is 9. The van der Waals surface area contributed by atoms with E-state index in [0.717, 1.165) is 5.56 Å². The highest BCUT2D eigenvalue weighted by atomic mass is 32.1. The van der Waals surface area contributed by atoms with Crippen LogP contribution in [0.3, 0.4) is 0 Å². The van der Waals surface area contributed by atoms with Crippen molar-refractivity contribution in [3.63, 3.8) is 0 Å². The van der Waals surface area contributed by atoms with Crippen LogP contribution in [0.25, 0.3) is 11.1 Å². The molecule has 0 saturated carbocycles. The Morgan fingerprint density at radius 1 is 1.24 bits per heavy atom. The molecule has 2 rings (SSSR count). The predicted octanol–water partition coefficient (Wildman–Crippen LogP) is 3.96. The molecule has 1 heterocycles. The van der Waals surface area contributed by atoms with E-state index in [1.54, 1.807) is 41.8 Å². The molecule has 0 aliphatic heterocycles. The van der Waals surface area contributed by atoms with Gasteiger partial charge in [0.25, 0.3) is 0 Å². The third-order valence-electron chi connectivity index (χ3n) is 3.75. The van der Waals surface area contributed by atoms with Crippen molar-refractivity contribution >= 4 is 22.3 Å². The second kappa shape index (κ2) is 8.00. The number of hydrogen-bond acceptors (Lipinski definition) is 5. The summed E-state index contributed by atoms with van der Waals surface area (Å²) >= 11 is 1.20. The lowest BCUT2D eigenvalue weighted by molar-refractivity contribution is 0.000245. The smallest absolute Gasteiger partial charge is 0.339 e. The maximum atomic E-state index is 11.3. The summed E-state index contributed by atoms with van der Waals surface area (Å²) in [5.41, 5.74) is 6.13. The first-order valence-corrected chi connectivity index (χ1v) is 8.56. The van der Waals surface area contributed by atoms with Crippen molar-refractivity contribution in [2.45, 2.75) is 18.4 Å². The molecule has 5 nitrogen and oxygen atoms in total. The van der Waals surface area contributed by atoms with E-state index in [9.17, 15) is 15.0 Å². The molecule has 0 saturated heterocycles. The van der Waals surface area contributed by atoms with Crippen LogP contribution >= 0.6 is 11.3 Å². The number of ether oxygens (including phenoxy) is 1. The zero-order valence-corrected chi connectivity index (χ0v) is 14.6. The van der Waals surface area contributed by atoms with E-state index >= 15 is 0 Å². The van der Waals surface area contributed by atoms with E-state index in [0.29, 0.717) is 24.2 Å². The van der Waals surface area contributed by atoms with Crippen LogP contribution in [0.15, 0.2) is 55.0 Å². The summed E-state index contributed by atoms with van der Waals surface area (Å²) in [6.07, 6.45) is 4.08. The Kier molecular flexibility index (Phi) is 6.01. The number of nitrogens with two attached hydrogens (primary N) is 1. The largest absolute Gasteiger partial charge is 0.491 e. The third-order valence-corrected chi connectivity index (χ3v) is 4.57. The van der Waals surface area contributed by atoms with Gasteiger partial charge in [0, 0.05) is 10.9 Å². The molecule has 0 aliphatic carbocycles. The van der Waals surface area contributed by atoms with E-state index in [2.05, 4.69) is 13.2 Å². The van der Waals surface area contributed by atoms with Crippen LogP contribution < -0.4 is 10.5 Å². The lowest BCUT2D eigenvalue weighted by Gasteiger charge is -2.25. The summed E-state index contributed by atoms with van der Waals surface area (Å²) in [5, 5.41) is 21.7. The fraction of sp³-hybridized carbons (Fsp3) is 0.211. The zero-order valence-electron chi connectivity index (χ0n) is 13.8. The Bertz CT molecular complexity index is 754. The zero-order chi connectivity index (χ0) is 18.4. The number of thiophene rings is 1. The molecule has 132 valence electrons. The molecule has 6 heteroatoms. The Morgan fingerprint density at radius 2 is 1.84 bits per heavy atom. The van der Waals surface area contributed by atoms with Crippen molar-refractivity contribution in [3.8, 4) is 16.9 Å². The molecule has 0 fully saturated rings. The Hall–Kier alpha value is -2.57. The highest BCUT2D eigenvalue weighted by Crippen LogP contribution is 2.34. The summed E-state index contributed by atoms with van der Waals surface area (Å²) in [5.74, 6) is -0.469. The number of aromatic carboxylic acids is 1. The van der Waals surface area contributed by atoms with E-state index in [4.69, 9.17) is 10.5 Å². The Labute approximate surface area is 150 Å². The van der Waals surface area contributed by atoms with Gasteiger partial charge in [-0.15, -0.1) is 24.5 Å². The van der Waals surface area contributed by atoms with Gasteiger partial charge in [-0.2, -0.15) is 0 Å². The van der Waals surface area contributed by atoms with Gasteiger partial charge in [-0.25, -0.2) is 4.79 Å². The molecule has 1 aromatic heterocycles. The van der Waals surface area contributed by atoms with Gasteiger partial charge in [0.1, 0.15) is 28.5 Å². The van der Waals surface area contributed by atoms with Crippen molar-refractivity contribution < 1.29 is 19.7 Å². The first-order valence-electron chi connectivity index (χ1n) is 7.68. The number of benzene rings is 1. The minimum absolute atomic E-state index is 0.107. The molecule has 4 N–H and O–H groups in total. The second-order valence-corrected chi connectivity index (χ2v) is 6.63. The number of hydrogen-bond donors (Lipinski definition) is 3. The van der Waals surface area contributed by atoms with Gasteiger partial charge in [0.15, 0.2) is 0 Å². The Morgan fingerprint density at radius 3 is 2.36 bits per heavy atom. The van der Waals surface area contributed by atoms with E-state index in [-0.39, 0.29) is 17.2 Å². The first-order chi connectivity index (χ1) is 11.9. The fourth-order valence-electron chi connectivity index (χ4n) is 2.49. The first kappa shape index (κ1) is 18.8. The van der Waals surface area contributed by atoms with Gasteiger partial charge in [-0.05, 0) is 30.5 Å². The quantitative estimate of drug-likeness (QED) is 0.589. The van der Waals surface area contributed by atoms with Crippen molar-refractivity contribution in [2.75, 3.05) is 12.3 Å². The van der Waals surface area contributed by atoms with Crippen LogP contribution in [0.5, 0.6) is 5.75 Å². The molecule has 0 radical (unpaired) electrons. The number of nitrogen functional groups attached to an aromatic ring is 1. The van der Waals surface area contributed by atoms with Crippen LogP contribution in [0.4, 0.5) is 5.00 Å². The van der Waals surface area contributed by atoms with Gasteiger partial charge in [0.2, 0.25) is 0 Å². The van der Waals surface area contributed by atoms with Crippen LogP contribution in [-0.4, -0.2) is 28.4 Å². The van der Waals surface area contributed by atoms with Gasteiger partial charge >= 0.3 is 5.97 Å². The molecule has 25 heavy (non-hydrogen) atoms. The number of aliphatic hydroxyl groups is 1. The third kappa shape index (κ3) is 4.49. The second-order valence-electron chi connectivity index (χ2n) is 5.72. The van der Waals surface area contributed by atoms with Gasteiger partial charge in [0.05, 0.1) is 0 Å². The lowest BCUT2D eigenvalue weighted by Crippen LogP contribution is -2.34. The molecule has 2 aromatic rings.